The Hall–Kier alpha value is -1.84. The van der Waals surface area contributed by atoms with Gasteiger partial charge in [-0.25, -0.2) is 17.6 Å². The first kappa shape index (κ1) is 21.0. The minimum Gasteiger partial charge on any atom is -0.203 e. The molecule has 2 saturated carbocycles. The average Bonchev–Trinajstić information content (AvgIpc) is 3.13. The minimum absolute atomic E-state index is 0.00100. The summed E-state index contributed by atoms with van der Waals surface area (Å²) in [6.07, 6.45) is 7.74. The maximum absolute atomic E-state index is 15.2. The molecule has 0 heterocycles. The van der Waals surface area contributed by atoms with Gasteiger partial charge in [0.1, 0.15) is 0 Å². The van der Waals surface area contributed by atoms with Crippen molar-refractivity contribution in [2.24, 2.45) is 11.8 Å². The van der Waals surface area contributed by atoms with Crippen LogP contribution in [0.2, 0.25) is 0 Å². The summed E-state index contributed by atoms with van der Waals surface area (Å²) in [5.74, 6) is -2.55. The van der Waals surface area contributed by atoms with Gasteiger partial charge >= 0.3 is 0 Å². The molecular weight excluding hydrogens is 400 g/mol. The maximum Gasteiger partial charge on any atom is 0.167 e. The second kappa shape index (κ2) is 7.94. The molecule has 0 amide bonds. The van der Waals surface area contributed by atoms with Crippen LogP contribution in [0.4, 0.5) is 17.6 Å². The van der Waals surface area contributed by atoms with Crippen LogP contribution in [-0.2, 0) is 6.42 Å². The van der Waals surface area contributed by atoms with Crippen molar-refractivity contribution in [3.05, 3.63) is 57.7 Å². The minimum atomic E-state index is -1.01. The second-order valence-corrected chi connectivity index (χ2v) is 10.3. The van der Waals surface area contributed by atoms with Crippen LogP contribution in [0, 0.1) is 35.1 Å². The second-order valence-electron chi connectivity index (χ2n) is 10.3. The third kappa shape index (κ3) is 3.50. The molecule has 0 bridgehead atoms. The molecule has 166 valence electrons. The lowest BCUT2D eigenvalue weighted by atomic mass is 9.78. The van der Waals surface area contributed by atoms with E-state index in [-0.39, 0.29) is 23.0 Å². The van der Waals surface area contributed by atoms with Crippen LogP contribution < -0.4 is 0 Å². The van der Waals surface area contributed by atoms with Crippen LogP contribution in [0.25, 0.3) is 11.1 Å². The van der Waals surface area contributed by atoms with Crippen molar-refractivity contribution in [1.29, 1.82) is 0 Å². The lowest BCUT2D eigenvalue weighted by Gasteiger charge is -2.27. The molecule has 4 heteroatoms. The predicted molar refractivity (Wildman–Crippen MR) is 115 cm³/mol. The van der Waals surface area contributed by atoms with Gasteiger partial charge in [0.25, 0.3) is 0 Å². The molecule has 5 rings (SSSR count). The summed E-state index contributed by atoms with van der Waals surface area (Å²) >= 11 is 0. The third-order valence-electron chi connectivity index (χ3n) is 8.18. The van der Waals surface area contributed by atoms with E-state index < -0.39 is 23.3 Å². The molecule has 2 aromatic rings. The van der Waals surface area contributed by atoms with E-state index in [1.165, 1.54) is 0 Å². The molecule has 0 aromatic heterocycles. The van der Waals surface area contributed by atoms with Gasteiger partial charge in [0.05, 0.1) is 0 Å². The normalized spacial score (nSPS) is 27.8. The van der Waals surface area contributed by atoms with E-state index in [1.54, 1.807) is 12.1 Å². The van der Waals surface area contributed by atoms with Crippen LogP contribution in [0.5, 0.6) is 0 Å². The molecule has 0 radical (unpaired) electrons. The SMILES string of the molecule is CC1CCC(c2cc3c(c(F)c2F)-c2c(cc(C4CCC(C)CC4)c(F)c2F)C3)CC1. The third-order valence-corrected chi connectivity index (χ3v) is 8.18. The van der Waals surface area contributed by atoms with Gasteiger partial charge in [0.15, 0.2) is 23.3 Å². The maximum atomic E-state index is 15.2. The van der Waals surface area contributed by atoms with E-state index >= 15 is 17.6 Å². The van der Waals surface area contributed by atoms with Crippen molar-refractivity contribution in [3.63, 3.8) is 0 Å². The van der Waals surface area contributed by atoms with Crippen LogP contribution >= 0.6 is 0 Å². The number of hydrogen-bond donors (Lipinski definition) is 0. The van der Waals surface area contributed by atoms with Crippen molar-refractivity contribution in [2.45, 2.75) is 83.5 Å². The Morgan fingerprint density at radius 1 is 0.548 bits per heavy atom. The zero-order valence-electron chi connectivity index (χ0n) is 18.3. The van der Waals surface area contributed by atoms with E-state index in [2.05, 4.69) is 13.8 Å². The van der Waals surface area contributed by atoms with Gasteiger partial charge in [-0.1, -0.05) is 51.7 Å². The molecular formula is C27H30F4. The summed E-state index contributed by atoms with van der Waals surface area (Å²) in [6.45, 7) is 4.38. The van der Waals surface area contributed by atoms with Gasteiger partial charge in [0, 0.05) is 11.1 Å². The number of rotatable bonds is 2. The highest BCUT2D eigenvalue weighted by Crippen LogP contribution is 2.47. The molecule has 3 aliphatic rings. The Balaban J connectivity index is 1.54. The first-order valence-corrected chi connectivity index (χ1v) is 11.9. The number of halogens is 4. The number of benzene rings is 2. The topological polar surface area (TPSA) is 0 Å². The summed E-state index contributed by atoms with van der Waals surface area (Å²) in [4.78, 5) is 0. The molecule has 0 spiro atoms. The molecule has 31 heavy (non-hydrogen) atoms. The number of fused-ring (bicyclic) bond motifs is 3. The van der Waals surface area contributed by atoms with Crippen LogP contribution in [0.3, 0.4) is 0 Å². The van der Waals surface area contributed by atoms with E-state index in [0.717, 1.165) is 51.4 Å². The van der Waals surface area contributed by atoms with Crippen LogP contribution in [-0.4, -0.2) is 0 Å². The molecule has 0 nitrogen and oxygen atoms in total. The Morgan fingerprint density at radius 3 is 1.26 bits per heavy atom. The zero-order valence-corrected chi connectivity index (χ0v) is 18.3. The quantitative estimate of drug-likeness (QED) is 0.358. The smallest absolute Gasteiger partial charge is 0.167 e. The van der Waals surface area contributed by atoms with E-state index in [1.807, 2.05) is 0 Å². The van der Waals surface area contributed by atoms with Crippen molar-refractivity contribution < 1.29 is 17.6 Å². The zero-order chi connectivity index (χ0) is 21.9. The predicted octanol–water partition coefficient (Wildman–Crippen LogP) is 8.40. The Morgan fingerprint density at radius 2 is 0.903 bits per heavy atom. The van der Waals surface area contributed by atoms with Gasteiger partial charge in [-0.2, -0.15) is 0 Å². The van der Waals surface area contributed by atoms with Gasteiger partial charge < -0.3 is 0 Å². The molecule has 2 fully saturated rings. The fraction of sp³-hybridized carbons (Fsp3) is 0.556. The standard InChI is InChI=1S/C27H30F4/c1-14-3-7-16(8-4-14)20-12-18-11-19-13-21(17-9-5-15(2)6-10-17)25(29)27(31)23(19)22(18)26(30)24(20)28/h12-17H,3-11H2,1-2H3. The first-order chi connectivity index (χ1) is 14.8. The van der Waals surface area contributed by atoms with Gasteiger partial charge in [-0.15, -0.1) is 0 Å². The molecule has 0 unspecified atom stereocenters. The Bertz CT molecular complexity index is 927. The Labute approximate surface area is 182 Å². The lowest BCUT2D eigenvalue weighted by molar-refractivity contribution is 0.339. The summed E-state index contributed by atoms with van der Waals surface area (Å²) in [7, 11) is 0. The summed E-state index contributed by atoms with van der Waals surface area (Å²) in [6, 6.07) is 3.46. The van der Waals surface area contributed by atoms with E-state index in [9.17, 15) is 0 Å². The highest BCUT2D eigenvalue weighted by Gasteiger charge is 2.35. The summed E-state index contributed by atoms with van der Waals surface area (Å²) in [5.41, 5.74) is 1.88. The first-order valence-electron chi connectivity index (χ1n) is 11.9. The lowest BCUT2D eigenvalue weighted by Crippen LogP contribution is -2.14. The molecule has 0 N–H and O–H groups in total. The fourth-order valence-corrected chi connectivity index (χ4v) is 6.16. The largest absolute Gasteiger partial charge is 0.203 e. The monoisotopic (exact) mass is 430 g/mol. The fourth-order valence-electron chi connectivity index (χ4n) is 6.16. The average molecular weight is 431 g/mol. The number of hydrogen-bond acceptors (Lipinski definition) is 0. The van der Waals surface area contributed by atoms with Gasteiger partial charge in [-0.3, -0.25) is 0 Å². The van der Waals surface area contributed by atoms with Gasteiger partial charge in [0.2, 0.25) is 0 Å². The van der Waals surface area contributed by atoms with Crippen molar-refractivity contribution in [2.75, 3.05) is 0 Å². The summed E-state index contributed by atoms with van der Waals surface area (Å²) < 4.78 is 60.6. The van der Waals surface area contributed by atoms with E-state index in [4.69, 9.17) is 0 Å². The summed E-state index contributed by atoms with van der Waals surface area (Å²) in [5, 5.41) is 0. The molecule has 0 aliphatic heterocycles. The van der Waals surface area contributed by atoms with Crippen molar-refractivity contribution >= 4 is 0 Å². The van der Waals surface area contributed by atoms with Crippen molar-refractivity contribution in [1.82, 2.24) is 0 Å². The highest BCUT2D eigenvalue weighted by molar-refractivity contribution is 5.79. The van der Waals surface area contributed by atoms with Crippen LogP contribution in [0.15, 0.2) is 12.1 Å². The highest BCUT2D eigenvalue weighted by atomic mass is 19.2. The molecule has 2 aromatic carbocycles. The van der Waals surface area contributed by atoms with E-state index in [0.29, 0.717) is 40.5 Å². The molecule has 3 aliphatic carbocycles. The Kier molecular flexibility index (Phi) is 5.38. The molecule has 0 saturated heterocycles. The van der Waals surface area contributed by atoms with Crippen LogP contribution in [0.1, 0.15) is 99.3 Å². The van der Waals surface area contributed by atoms with Crippen molar-refractivity contribution in [3.8, 4) is 11.1 Å². The van der Waals surface area contributed by atoms with Gasteiger partial charge in [-0.05, 0) is 78.0 Å². The molecule has 0 atom stereocenters.